The molecule has 6 nitrogen and oxygen atoms in total. The molecule has 0 fully saturated rings. The lowest BCUT2D eigenvalue weighted by molar-refractivity contribution is -0.164. The number of hydrogen-bond donors (Lipinski definition) is 0. The number of methoxy groups -OCH3 is 2. The number of hydrogen-bond acceptors (Lipinski definition) is 6. The van der Waals surface area contributed by atoms with Gasteiger partial charge in [0.05, 0.1) is 26.4 Å². The summed E-state index contributed by atoms with van der Waals surface area (Å²) in [4.78, 5) is 13.2. The highest BCUT2D eigenvalue weighted by Crippen LogP contribution is 2.46. The molecular weight excluding hydrogens is 499 g/mol. The van der Waals surface area contributed by atoms with Crippen molar-refractivity contribution in [2.24, 2.45) is 0 Å². The van der Waals surface area contributed by atoms with E-state index in [1.54, 1.807) is 7.11 Å². The highest BCUT2D eigenvalue weighted by Gasteiger charge is 2.34. The van der Waals surface area contributed by atoms with Gasteiger partial charge in [-0.05, 0) is 94.0 Å². The Hall–Kier alpha value is -3.58. The summed E-state index contributed by atoms with van der Waals surface area (Å²) in [5.74, 6) is 0.579. The van der Waals surface area contributed by atoms with E-state index in [-0.39, 0.29) is 6.61 Å². The third-order valence-electron chi connectivity index (χ3n) is 6.83. The summed E-state index contributed by atoms with van der Waals surface area (Å²) in [6.07, 6.45) is 0.453. The fourth-order valence-corrected chi connectivity index (χ4v) is 4.93. The van der Waals surface area contributed by atoms with E-state index in [2.05, 4.69) is 0 Å². The van der Waals surface area contributed by atoms with E-state index in [0.29, 0.717) is 41.2 Å². The zero-order valence-electron chi connectivity index (χ0n) is 23.8. The number of carbonyl (C=O) groups is 1. The van der Waals surface area contributed by atoms with Gasteiger partial charge in [-0.25, -0.2) is 9.18 Å². The summed E-state index contributed by atoms with van der Waals surface area (Å²) >= 11 is 0. The molecule has 4 rings (SSSR count). The highest BCUT2D eigenvalue weighted by molar-refractivity contribution is 5.86. The van der Waals surface area contributed by atoms with E-state index >= 15 is 4.39 Å². The normalized spacial score (nSPS) is 13.7. The second kappa shape index (κ2) is 11.7. The molecule has 7 heteroatoms. The Labute approximate surface area is 230 Å². The standard InChI is InChI=1S/C32H37FO6/c1-19-10-15-26(38-18-21-11-13-22(35-6)14-12-21)28(27(19)30(31(34)36-7)39-32(3,4)5)24-17-25(33)29-23(20(24)2)9-8-16-37-29/h10-15,17,30H,8-9,16,18H2,1-7H3. The van der Waals surface area contributed by atoms with Gasteiger partial charge in [0.25, 0.3) is 0 Å². The van der Waals surface area contributed by atoms with Crippen LogP contribution in [0.25, 0.3) is 11.1 Å². The smallest absolute Gasteiger partial charge is 0.339 e. The molecule has 1 aliphatic rings. The molecule has 1 aliphatic heterocycles. The van der Waals surface area contributed by atoms with E-state index in [9.17, 15) is 4.79 Å². The van der Waals surface area contributed by atoms with Gasteiger partial charge in [-0.1, -0.05) is 18.2 Å². The lowest BCUT2D eigenvalue weighted by Crippen LogP contribution is -2.29. The number of benzene rings is 3. The van der Waals surface area contributed by atoms with E-state index in [0.717, 1.165) is 34.4 Å². The molecule has 1 heterocycles. The quantitative estimate of drug-likeness (QED) is 0.288. The van der Waals surface area contributed by atoms with Crippen molar-refractivity contribution in [3.8, 4) is 28.4 Å². The summed E-state index contributed by atoms with van der Waals surface area (Å²) in [6, 6.07) is 12.8. The maximum atomic E-state index is 15.5. The molecule has 208 valence electrons. The van der Waals surface area contributed by atoms with E-state index < -0.39 is 23.5 Å². The molecule has 3 aromatic carbocycles. The first-order chi connectivity index (χ1) is 18.5. The van der Waals surface area contributed by atoms with Crippen molar-refractivity contribution in [3.05, 3.63) is 76.1 Å². The number of carbonyl (C=O) groups excluding carboxylic acids is 1. The molecule has 0 radical (unpaired) electrons. The first-order valence-corrected chi connectivity index (χ1v) is 13.1. The first-order valence-electron chi connectivity index (χ1n) is 13.1. The van der Waals surface area contributed by atoms with Crippen molar-refractivity contribution in [1.82, 2.24) is 0 Å². The maximum Gasteiger partial charge on any atom is 0.339 e. The summed E-state index contributed by atoms with van der Waals surface area (Å²) in [5, 5.41) is 0. The van der Waals surface area contributed by atoms with Gasteiger partial charge in [-0.2, -0.15) is 0 Å². The van der Waals surface area contributed by atoms with Gasteiger partial charge >= 0.3 is 5.97 Å². The van der Waals surface area contributed by atoms with Crippen LogP contribution in [-0.2, 0) is 27.3 Å². The minimum absolute atomic E-state index is 0.262. The number of fused-ring (bicyclic) bond motifs is 1. The van der Waals surface area contributed by atoms with Crippen LogP contribution in [0.3, 0.4) is 0 Å². The minimum Gasteiger partial charge on any atom is -0.497 e. The van der Waals surface area contributed by atoms with Crippen molar-refractivity contribution in [1.29, 1.82) is 0 Å². The number of rotatable bonds is 8. The van der Waals surface area contributed by atoms with Crippen molar-refractivity contribution in [2.75, 3.05) is 20.8 Å². The summed E-state index contributed by atoms with van der Waals surface area (Å²) in [5.41, 5.74) is 4.61. The molecule has 0 bridgehead atoms. The van der Waals surface area contributed by atoms with Gasteiger partial charge in [0.2, 0.25) is 0 Å². The van der Waals surface area contributed by atoms with Crippen LogP contribution in [0.2, 0.25) is 0 Å². The predicted molar refractivity (Wildman–Crippen MR) is 148 cm³/mol. The molecule has 0 amide bonds. The maximum absolute atomic E-state index is 15.5. The Bertz CT molecular complexity index is 1340. The topological polar surface area (TPSA) is 63.2 Å². The Balaban J connectivity index is 1.93. The molecule has 0 saturated heterocycles. The summed E-state index contributed by atoms with van der Waals surface area (Å²) in [7, 11) is 2.95. The Kier molecular flexibility index (Phi) is 8.50. The SMILES string of the molecule is COC(=O)C(OC(C)(C)C)c1c(C)ccc(OCc2ccc(OC)cc2)c1-c1cc(F)c2c(c1C)CCCO2. The average molecular weight is 537 g/mol. The van der Waals surface area contributed by atoms with Crippen LogP contribution in [0, 0.1) is 19.7 Å². The Morgan fingerprint density at radius 3 is 2.44 bits per heavy atom. The Morgan fingerprint density at radius 1 is 1.08 bits per heavy atom. The van der Waals surface area contributed by atoms with Crippen LogP contribution in [0.5, 0.6) is 17.2 Å². The van der Waals surface area contributed by atoms with Crippen molar-refractivity contribution in [3.63, 3.8) is 0 Å². The molecule has 0 aromatic heterocycles. The van der Waals surface area contributed by atoms with Gasteiger partial charge in [-0.15, -0.1) is 0 Å². The minimum atomic E-state index is -1.05. The number of esters is 1. The van der Waals surface area contributed by atoms with Crippen LogP contribution in [0.1, 0.15) is 61.1 Å². The molecule has 0 aliphatic carbocycles. The van der Waals surface area contributed by atoms with E-state index in [1.165, 1.54) is 13.2 Å². The first kappa shape index (κ1) is 28.4. The molecule has 0 N–H and O–H groups in total. The molecule has 39 heavy (non-hydrogen) atoms. The highest BCUT2D eigenvalue weighted by atomic mass is 19.1. The summed E-state index contributed by atoms with van der Waals surface area (Å²) < 4.78 is 44.3. The van der Waals surface area contributed by atoms with Gasteiger partial charge in [0.1, 0.15) is 18.1 Å². The zero-order valence-corrected chi connectivity index (χ0v) is 23.8. The lowest BCUT2D eigenvalue weighted by Gasteiger charge is -2.30. The predicted octanol–water partition coefficient (Wildman–Crippen LogP) is 7.05. The molecule has 1 unspecified atom stereocenters. The van der Waals surface area contributed by atoms with Crippen molar-refractivity contribution >= 4 is 5.97 Å². The number of halogens is 1. The largest absolute Gasteiger partial charge is 0.497 e. The molecular formula is C32H37FO6. The van der Waals surface area contributed by atoms with E-state index in [1.807, 2.05) is 71.0 Å². The van der Waals surface area contributed by atoms with Crippen LogP contribution < -0.4 is 14.2 Å². The number of aryl methyl sites for hydroxylation is 1. The fraction of sp³-hybridized carbons (Fsp3) is 0.406. The van der Waals surface area contributed by atoms with Crippen LogP contribution in [-0.4, -0.2) is 32.4 Å². The molecule has 1 atom stereocenters. The van der Waals surface area contributed by atoms with Crippen molar-refractivity contribution in [2.45, 2.75) is 65.8 Å². The molecule has 3 aromatic rings. The third kappa shape index (κ3) is 6.19. The fourth-order valence-electron chi connectivity index (χ4n) is 4.93. The summed E-state index contributed by atoms with van der Waals surface area (Å²) in [6.45, 7) is 10.2. The van der Waals surface area contributed by atoms with Gasteiger partial charge in [0, 0.05) is 16.7 Å². The van der Waals surface area contributed by atoms with Gasteiger partial charge < -0.3 is 23.7 Å². The van der Waals surface area contributed by atoms with Crippen LogP contribution in [0.4, 0.5) is 4.39 Å². The third-order valence-corrected chi connectivity index (χ3v) is 6.83. The van der Waals surface area contributed by atoms with Crippen molar-refractivity contribution < 1.29 is 32.9 Å². The second-order valence-corrected chi connectivity index (χ2v) is 10.7. The average Bonchev–Trinajstić information content (AvgIpc) is 2.92. The second-order valence-electron chi connectivity index (χ2n) is 10.7. The van der Waals surface area contributed by atoms with Crippen LogP contribution in [0.15, 0.2) is 42.5 Å². The van der Waals surface area contributed by atoms with Gasteiger partial charge in [-0.3, -0.25) is 0 Å². The molecule has 0 spiro atoms. The monoisotopic (exact) mass is 536 g/mol. The van der Waals surface area contributed by atoms with Crippen LogP contribution >= 0.6 is 0 Å². The zero-order chi connectivity index (χ0) is 28.3. The molecule has 0 saturated carbocycles. The van der Waals surface area contributed by atoms with Gasteiger partial charge in [0.15, 0.2) is 17.7 Å². The lowest BCUT2D eigenvalue weighted by atomic mass is 9.86. The van der Waals surface area contributed by atoms with E-state index in [4.69, 9.17) is 23.7 Å². The number of ether oxygens (including phenoxy) is 5. The Morgan fingerprint density at radius 2 is 1.79 bits per heavy atom.